The summed E-state index contributed by atoms with van der Waals surface area (Å²) < 4.78 is 35.7. The highest BCUT2D eigenvalue weighted by molar-refractivity contribution is 7.87. The van der Waals surface area contributed by atoms with Gasteiger partial charge in [0, 0.05) is 11.6 Å². The first-order valence-electron chi connectivity index (χ1n) is 8.47. The molecule has 0 unspecified atom stereocenters. The second-order valence-electron chi connectivity index (χ2n) is 5.76. The van der Waals surface area contributed by atoms with Crippen molar-refractivity contribution in [1.82, 2.24) is 4.98 Å². The molecule has 0 aliphatic carbocycles. The van der Waals surface area contributed by atoms with E-state index >= 15 is 0 Å². The molecule has 0 atom stereocenters. The summed E-state index contributed by atoms with van der Waals surface area (Å²) in [6.45, 7) is 0. The average Bonchev–Trinajstić information content (AvgIpc) is 2.75. The second-order valence-corrected chi connectivity index (χ2v) is 7.30. The van der Waals surface area contributed by atoms with Gasteiger partial charge in [-0.3, -0.25) is 15.5 Å². The molecule has 10 nitrogen and oxygen atoms in total. The van der Waals surface area contributed by atoms with Crippen LogP contribution in [0.5, 0.6) is 11.5 Å². The SMILES string of the molecule is COc1cccc(/C=N\Nc2ccc([N+](=O)[O-])cn2)c1OS(=O)(=O)c1ccccc1. The van der Waals surface area contributed by atoms with E-state index < -0.39 is 15.0 Å². The monoisotopic (exact) mass is 428 g/mol. The Labute approximate surface area is 172 Å². The van der Waals surface area contributed by atoms with Crippen LogP contribution in [0, 0.1) is 10.1 Å². The molecule has 0 fully saturated rings. The van der Waals surface area contributed by atoms with E-state index in [1.54, 1.807) is 36.4 Å². The molecular weight excluding hydrogens is 412 g/mol. The molecule has 11 heteroatoms. The predicted octanol–water partition coefficient (Wildman–Crippen LogP) is 3.21. The van der Waals surface area contributed by atoms with Crippen LogP contribution in [0.2, 0.25) is 0 Å². The Morgan fingerprint density at radius 3 is 2.50 bits per heavy atom. The number of rotatable bonds is 8. The van der Waals surface area contributed by atoms with E-state index in [1.807, 2.05) is 0 Å². The van der Waals surface area contributed by atoms with E-state index in [0.29, 0.717) is 5.56 Å². The fraction of sp³-hybridized carbons (Fsp3) is 0.0526. The van der Waals surface area contributed by atoms with Crippen LogP contribution < -0.4 is 14.3 Å². The van der Waals surface area contributed by atoms with Crippen LogP contribution in [0.1, 0.15) is 5.56 Å². The summed E-state index contributed by atoms with van der Waals surface area (Å²) in [7, 11) is -2.71. The number of methoxy groups -OCH3 is 1. The molecule has 0 saturated carbocycles. The third kappa shape index (κ3) is 4.89. The van der Waals surface area contributed by atoms with Crippen molar-refractivity contribution < 1.29 is 22.3 Å². The molecule has 1 N–H and O–H groups in total. The number of hydrogen-bond donors (Lipinski definition) is 1. The summed E-state index contributed by atoms with van der Waals surface area (Å²) >= 11 is 0. The standard InChI is InChI=1S/C19H16N4O6S/c1-28-17-9-5-6-14(12-21-22-18-11-10-15(13-20-18)23(24)25)19(17)29-30(26,27)16-7-3-2-4-8-16/h2-13H,1H3,(H,20,22)/b21-12-. The number of nitro groups is 1. The highest BCUT2D eigenvalue weighted by Gasteiger charge is 2.21. The molecule has 0 radical (unpaired) electrons. The topological polar surface area (TPSA) is 133 Å². The van der Waals surface area contributed by atoms with Crippen molar-refractivity contribution in [3.63, 3.8) is 0 Å². The lowest BCUT2D eigenvalue weighted by molar-refractivity contribution is -0.385. The second kappa shape index (κ2) is 9.01. The average molecular weight is 428 g/mol. The van der Waals surface area contributed by atoms with Gasteiger partial charge in [0.15, 0.2) is 11.5 Å². The van der Waals surface area contributed by atoms with Crippen molar-refractivity contribution in [1.29, 1.82) is 0 Å². The number of hydrazone groups is 1. The zero-order valence-electron chi connectivity index (χ0n) is 15.6. The third-order valence-corrected chi connectivity index (χ3v) is 5.03. The number of ether oxygens (including phenoxy) is 1. The molecule has 3 rings (SSSR count). The number of aromatic nitrogens is 1. The molecule has 0 bridgehead atoms. The Hall–Kier alpha value is -3.99. The minimum absolute atomic E-state index is 0.00741. The molecule has 1 aromatic heterocycles. The Morgan fingerprint density at radius 1 is 1.10 bits per heavy atom. The smallest absolute Gasteiger partial charge is 0.339 e. The van der Waals surface area contributed by atoms with Crippen LogP contribution in [-0.4, -0.2) is 31.6 Å². The number of hydrogen-bond acceptors (Lipinski definition) is 9. The summed E-state index contributed by atoms with van der Waals surface area (Å²) in [5.41, 5.74) is 2.78. The number of para-hydroxylation sites is 1. The normalized spacial score (nSPS) is 11.2. The maximum absolute atomic E-state index is 12.6. The molecule has 1 heterocycles. The molecule has 3 aromatic rings. The molecule has 154 valence electrons. The van der Waals surface area contributed by atoms with Crippen molar-refractivity contribution in [3.05, 3.63) is 82.5 Å². The van der Waals surface area contributed by atoms with Gasteiger partial charge in [0.05, 0.1) is 18.2 Å². The number of pyridine rings is 1. The first-order chi connectivity index (χ1) is 14.4. The lowest BCUT2D eigenvalue weighted by Crippen LogP contribution is -2.11. The van der Waals surface area contributed by atoms with Crippen molar-refractivity contribution in [2.45, 2.75) is 4.90 Å². The molecule has 30 heavy (non-hydrogen) atoms. The van der Waals surface area contributed by atoms with Crippen molar-refractivity contribution in [2.24, 2.45) is 5.10 Å². The highest BCUT2D eigenvalue weighted by Crippen LogP contribution is 2.32. The van der Waals surface area contributed by atoms with Gasteiger partial charge in [-0.1, -0.05) is 24.3 Å². The third-order valence-electron chi connectivity index (χ3n) is 3.80. The Balaban J connectivity index is 1.85. The summed E-state index contributed by atoms with van der Waals surface area (Å²) in [6, 6.07) is 15.1. The van der Waals surface area contributed by atoms with Gasteiger partial charge in [0.1, 0.15) is 16.9 Å². The van der Waals surface area contributed by atoms with Crippen molar-refractivity contribution in [3.8, 4) is 11.5 Å². The van der Waals surface area contributed by atoms with Crippen LogP contribution in [0.25, 0.3) is 0 Å². The Bertz CT molecular complexity index is 1170. The van der Waals surface area contributed by atoms with Gasteiger partial charge >= 0.3 is 10.1 Å². The van der Waals surface area contributed by atoms with Crippen LogP contribution in [-0.2, 0) is 10.1 Å². The minimum Gasteiger partial charge on any atom is -0.493 e. The maximum atomic E-state index is 12.6. The van der Waals surface area contributed by atoms with Crippen LogP contribution in [0.15, 0.2) is 76.9 Å². The molecule has 0 aliphatic rings. The van der Waals surface area contributed by atoms with E-state index in [9.17, 15) is 18.5 Å². The first-order valence-corrected chi connectivity index (χ1v) is 9.87. The van der Waals surface area contributed by atoms with Gasteiger partial charge in [-0.25, -0.2) is 4.98 Å². The molecule has 0 saturated heterocycles. The van der Waals surface area contributed by atoms with E-state index in [-0.39, 0.29) is 27.9 Å². The van der Waals surface area contributed by atoms with Gasteiger partial charge in [-0.2, -0.15) is 13.5 Å². The Morgan fingerprint density at radius 2 is 1.87 bits per heavy atom. The number of nitrogens with zero attached hydrogens (tertiary/aromatic N) is 3. The predicted molar refractivity (Wildman–Crippen MR) is 109 cm³/mol. The first kappa shape index (κ1) is 20.7. The van der Waals surface area contributed by atoms with E-state index in [1.165, 1.54) is 37.6 Å². The fourth-order valence-electron chi connectivity index (χ4n) is 2.36. The summed E-state index contributed by atoms with van der Waals surface area (Å²) in [6.07, 6.45) is 2.41. The Kier molecular flexibility index (Phi) is 6.23. The van der Waals surface area contributed by atoms with E-state index in [2.05, 4.69) is 15.5 Å². The lowest BCUT2D eigenvalue weighted by atomic mass is 10.2. The van der Waals surface area contributed by atoms with E-state index in [4.69, 9.17) is 8.92 Å². The molecule has 2 aromatic carbocycles. The van der Waals surface area contributed by atoms with Crippen LogP contribution >= 0.6 is 0 Å². The molecule has 0 spiro atoms. The van der Waals surface area contributed by atoms with Gasteiger partial charge in [-0.15, -0.1) is 0 Å². The van der Waals surface area contributed by atoms with Gasteiger partial charge in [-0.05, 0) is 30.3 Å². The number of anilines is 1. The minimum atomic E-state index is -4.10. The van der Waals surface area contributed by atoms with Gasteiger partial charge < -0.3 is 8.92 Å². The molecule has 0 amide bonds. The van der Waals surface area contributed by atoms with Crippen LogP contribution in [0.3, 0.4) is 0 Å². The van der Waals surface area contributed by atoms with Gasteiger partial charge in [0.2, 0.25) is 0 Å². The largest absolute Gasteiger partial charge is 0.493 e. The highest BCUT2D eigenvalue weighted by atomic mass is 32.2. The summed E-state index contributed by atoms with van der Waals surface area (Å²) in [4.78, 5) is 14.0. The quantitative estimate of drug-likeness (QED) is 0.250. The zero-order chi connectivity index (χ0) is 21.6. The fourth-order valence-corrected chi connectivity index (χ4v) is 3.34. The van der Waals surface area contributed by atoms with Crippen molar-refractivity contribution >= 4 is 27.8 Å². The summed E-state index contributed by atoms with van der Waals surface area (Å²) in [5.74, 6) is 0.428. The number of nitrogens with one attached hydrogen (secondary N) is 1. The molecule has 0 aliphatic heterocycles. The van der Waals surface area contributed by atoms with Gasteiger partial charge in [0.25, 0.3) is 5.69 Å². The van der Waals surface area contributed by atoms with Crippen LogP contribution in [0.4, 0.5) is 11.5 Å². The number of benzene rings is 2. The zero-order valence-corrected chi connectivity index (χ0v) is 16.4. The van der Waals surface area contributed by atoms with Crippen molar-refractivity contribution in [2.75, 3.05) is 12.5 Å². The maximum Gasteiger partial charge on any atom is 0.339 e. The van der Waals surface area contributed by atoms with E-state index in [0.717, 1.165) is 6.20 Å². The summed E-state index contributed by atoms with van der Waals surface area (Å²) in [5, 5.41) is 14.7. The lowest BCUT2D eigenvalue weighted by Gasteiger charge is -2.13. The molecular formula is C19H16N4O6S.